The van der Waals surface area contributed by atoms with E-state index in [-0.39, 0.29) is 0 Å². The summed E-state index contributed by atoms with van der Waals surface area (Å²) in [5, 5.41) is 18.5. The number of imidazole rings is 1. The molecule has 0 aliphatic rings. The van der Waals surface area contributed by atoms with E-state index in [0.29, 0.717) is 17.9 Å². The van der Waals surface area contributed by atoms with Crippen LogP contribution in [-0.2, 0) is 13.1 Å². The zero-order valence-electron chi connectivity index (χ0n) is 11.3. The average Bonchev–Trinajstić information content (AvgIpc) is 3.07. The topological polar surface area (TPSA) is 67.1 Å². The number of nitrogens with zero attached hydrogens (tertiary/aromatic N) is 2. The van der Waals surface area contributed by atoms with Gasteiger partial charge in [-0.05, 0) is 31.2 Å². The van der Waals surface area contributed by atoms with E-state index < -0.39 is 6.10 Å². The molecule has 2 N–H and O–H groups in total. The number of hydrogen-bond donors (Lipinski definition) is 2. The number of hydrogen-bond acceptors (Lipinski definition) is 3. The Bertz CT molecular complexity index is 768. The van der Waals surface area contributed by atoms with Crippen molar-refractivity contribution in [2.45, 2.75) is 26.1 Å². The number of furan rings is 1. The molecule has 5 nitrogen and oxygen atoms in total. The number of para-hydroxylation sites is 2. The Morgan fingerprint density at radius 2 is 1.85 bits per heavy atom. The van der Waals surface area contributed by atoms with Gasteiger partial charge in [0.05, 0.1) is 23.8 Å². The van der Waals surface area contributed by atoms with Gasteiger partial charge in [-0.15, -0.1) is 0 Å². The molecule has 2 heterocycles. The van der Waals surface area contributed by atoms with E-state index in [4.69, 9.17) is 9.83 Å². The molecule has 0 bridgehead atoms. The molecule has 0 amide bonds. The van der Waals surface area contributed by atoms with E-state index >= 15 is 0 Å². The predicted octanol–water partition coefficient (Wildman–Crippen LogP) is 2.27. The van der Waals surface area contributed by atoms with Crippen LogP contribution in [0.15, 0.2) is 47.1 Å². The summed E-state index contributed by atoms with van der Waals surface area (Å²) in [5.41, 5.74) is 2.34. The number of aliphatic hydroxyl groups is 1. The highest BCUT2D eigenvalue weighted by molar-refractivity contribution is 5.75. The summed E-state index contributed by atoms with van der Waals surface area (Å²) >= 11 is 0. The molecule has 20 heavy (non-hydrogen) atoms. The minimum absolute atomic E-state index is 0.305. The van der Waals surface area contributed by atoms with E-state index in [2.05, 4.69) is 0 Å². The molecule has 104 valence electrons. The van der Waals surface area contributed by atoms with Crippen LogP contribution in [0.1, 0.15) is 18.8 Å². The second-order valence-electron chi connectivity index (χ2n) is 4.70. The van der Waals surface area contributed by atoms with Crippen molar-refractivity contribution in [1.82, 2.24) is 9.13 Å². The largest absolute Gasteiger partial charge is 0.467 e. The van der Waals surface area contributed by atoms with Crippen LogP contribution in [0.25, 0.3) is 11.0 Å². The molecule has 0 spiro atoms. The first-order chi connectivity index (χ1) is 9.72. The molecule has 0 fully saturated rings. The first-order valence-corrected chi connectivity index (χ1v) is 6.66. The summed E-state index contributed by atoms with van der Waals surface area (Å²) in [5.74, 6) is 0.519. The van der Waals surface area contributed by atoms with E-state index in [9.17, 15) is 5.11 Å². The Kier molecular flexibility index (Phi) is 3.20. The van der Waals surface area contributed by atoms with Gasteiger partial charge in [-0.1, -0.05) is 12.1 Å². The van der Waals surface area contributed by atoms with Gasteiger partial charge in [0.2, 0.25) is 5.62 Å². The van der Waals surface area contributed by atoms with Gasteiger partial charge >= 0.3 is 0 Å². The van der Waals surface area contributed by atoms with Crippen molar-refractivity contribution in [3.63, 3.8) is 0 Å². The Balaban J connectivity index is 2.08. The second kappa shape index (κ2) is 5.02. The third-order valence-electron chi connectivity index (χ3n) is 3.52. The van der Waals surface area contributed by atoms with Crippen LogP contribution < -0.4 is 5.62 Å². The van der Waals surface area contributed by atoms with Gasteiger partial charge in [0.25, 0.3) is 0 Å². The van der Waals surface area contributed by atoms with Gasteiger partial charge < -0.3 is 18.7 Å². The van der Waals surface area contributed by atoms with Gasteiger partial charge in [-0.25, -0.2) is 0 Å². The van der Waals surface area contributed by atoms with Crippen molar-refractivity contribution in [3.8, 4) is 0 Å². The molecule has 0 unspecified atom stereocenters. The summed E-state index contributed by atoms with van der Waals surface area (Å²) in [6.45, 7) is 3.04. The fourth-order valence-electron chi connectivity index (χ4n) is 2.54. The zero-order valence-corrected chi connectivity index (χ0v) is 11.3. The number of fused-ring (bicyclic) bond motifs is 1. The number of nitrogens with one attached hydrogen (secondary N) is 1. The van der Waals surface area contributed by atoms with Crippen LogP contribution in [-0.4, -0.2) is 14.2 Å². The molecule has 0 saturated heterocycles. The quantitative estimate of drug-likeness (QED) is 0.764. The van der Waals surface area contributed by atoms with Crippen LogP contribution in [0.4, 0.5) is 0 Å². The minimum Gasteiger partial charge on any atom is -0.467 e. The molecule has 2 aromatic heterocycles. The average molecular weight is 271 g/mol. The Morgan fingerprint density at radius 3 is 2.45 bits per heavy atom. The smallest absolute Gasteiger partial charge is 0.203 e. The van der Waals surface area contributed by atoms with E-state index in [1.165, 1.54) is 0 Å². The Hall–Kier alpha value is -2.27. The SMILES string of the molecule is CCn1c(=N)n(C[C@H](O)c2ccco2)c2ccccc21. The number of benzene rings is 1. The fraction of sp³-hybridized carbons (Fsp3) is 0.267. The summed E-state index contributed by atoms with van der Waals surface area (Å²) in [6, 6.07) is 11.4. The Labute approximate surface area is 116 Å². The number of aliphatic hydroxyl groups excluding tert-OH is 1. The molecule has 1 aromatic carbocycles. The molecule has 0 radical (unpaired) electrons. The molecule has 0 aliphatic heterocycles. The van der Waals surface area contributed by atoms with Crippen molar-refractivity contribution in [2.24, 2.45) is 0 Å². The lowest BCUT2D eigenvalue weighted by Gasteiger charge is -2.09. The molecule has 3 aromatic rings. The van der Waals surface area contributed by atoms with Crippen molar-refractivity contribution in [1.29, 1.82) is 5.41 Å². The summed E-state index contributed by atoms with van der Waals surface area (Å²) in [4.78, 5) is 0. The number of rotatable bonds is 4. The monoisotopic (exact) mass is 271 g/mol. The van der Waals surface area contributed by atoms with Crippen molar-refractivity contribution in [3.05, 3.63) is 54.0 Å². The lowest BCUT2D eigenvalue weighted by atomic mass is 10.2. The van der Waals surface area contributed by atoms with Gasteiger partial charge in [-0.3, -0.25) is 5.41 Å². The van der Waals surface area contributed by atoms with Crippen molar-refractivity contribution < 1.29 is 9.52 Å². The van der Waals surface area contributed by atoms with Crippen molar-refractivity contribution >= 4 is 11.0 Å². The predicted molar refractivity (Wildman–Crippen MR) is 75.1 cm³/mol. The van der Waals surface area contributed by atoms with Gasteiger partial charge in [0.15, 0.2) is 0 Å². The van der Waals surface area contributed by atoms with Crippen molar-refractivity contribution in [2.75, 3.05) is 0 Å². The van der Waals surface area contributed by atoms with Gasteiger partial charge in [0.1, 0.15) is 11.9 Å². The summed E-state index contributed by atoms with van der Waals surface area (Å²) in [6.07, 6.45) is 0.787. The minimum atomic E-state index is -0.754. The highest BCUT2D eigenvalue weighted by Crippen LogP contribution is 2.18. The highest BCUT2D eigenvalue weighted by Gasteiger charge is 2.15. The number of aryl methyl sites for hydroxylation is 1. The zero-order chi connectivity index (χ0) is 14.1. The molecule has 5 heteroatoms. The van der Waals surface area contributed by atoms with E-state index in [1.807, 2.05) is 40.3 Å². The Morgan fingerprint density at radius 1 is 1.15 bits per heavy atom. The molecule has 0 aliphatic carbocycles. The third-order valence-corrected chi connectivity index (χ3v) is 3.52. The highest BCUT2D eigenvalue weighted by atomic mass is 16.4. The maximum Gasteiger partial charge on any atom is 0.203 e. The summed E-state index contributed by atoms with van der Waals surface area (Å²) < 4.78 is 8.95. The molecular formula is C15H17N3O2. The van der Waals surface area contributed by atoms with Crippen LogP contribution in [0.3, 0.4) is 0 Å². The fourth-order valence-corrected chi connectivity index (χ4v) is 2.54. The standard InChI is InChI=1S/C15H17N3O2/c1-2-17-11-6-3-4-7-12(11)18(15(17)16)10-13(19)14-8-5-9-20-14/h3-9,13,16,19H,2,10H2,1H3/t13-/m0/s1. The van der Waals surface area contributed by atoms with Crippen LogP contribution in [0.5, 0.6) is 0 Å². The van der Waals surface area contributed by atoms with E-state index in [0.717, 1.165) is 17.6 Å². The van der Waals surface area contributed by atoms with E-state index in [1.54, 1.807) is 18.4 Å². The maximum absolute atomic E-state index is 10.2. The normalized spacial score (nSPS) is 12.9. The lowest BCUT2D eigenvalue weighted by molar-refractivity contribution is 0.130. The summed E-state index contributed by atoms with van der Waals surface area (Å²) in [7, 11) is 0. The van der Waals surface area contributed by atoms with Crippen LogP contribution >= 0.6 is 0 Å². The lowest BCUT2D eigenvalue weighted by Crippen LogP contribution is -2.26. The number of aromatic nitrogens is 2. The molecule has 1 atom stereocenters. The third kappa shape index (κ3) is 1.96. The first-order valence-electron chi connectivity index (χ1n) is 6.66. The maximum atomic E-state index is 10.2. The second-order valence-corrected chi connectivity index (χ2v) is 4.70. The first kappa shape index (κ1) is 12.7. The van der Waals surface area contributed by atoms with Crippen LogP contribution in [0, 0.1) is 5.41 Å². The molecule has 0 saturated carbocycles. The van der Waals surface area contributed by atoms with Crippen LogP contribution in [0.2, 0.25) is 0 Å². The molecular weight excluding hydrogens is 254 g/mol. The molecule has 3 rings (SSSR count). The van der Waals surface area contributed by atoms with Gasteiger partial charge in [0, 0.05) is 6.54 Å². The van der Waals surface area contributed by atoms with Gasteiger partial charge in [-0.2, -0.15) is 0 Å².